The van der Waals surface area contributed by atoms with Crippen LogP contribution in [0.2, 0.25) is 0 Å². The van der Waals surface area contributed by atoms with Crippen molar-refractivity contribution in [2.45, 2.75) is 35.2 Å². The maximum absolute atomic E-state index is 4.51. The monoisotopic (exact) mass is 425 g/mol. The third kappa shape index (κ3) is 5.50. The molecule has 0 bridgehead atoms. The van der Waals surface area contributed by atoms with Gasteiger partial charge in [0.1, 0.15) is 0 Å². The number of hydrogen-bond acceptors (Lipinski definition) is 6. The number of hydrogen-bond donors (Lipinski definition) is 1. The molecule has 152 valence electrons. The summed E-state index contributed by atoms with van der Waals surface area (Å²) in [5, 5.41) is 4.51. The zero-order valence-corrected chi connectivity index (χ0v) is 18.7. The zero-order valence-electron chi connectivity index (χ0n) is 17.1. The van der Waals surface area contributed by atoms with Crippen LogP contribution in [0.3, 0.4) is 0 Å². The fourth-order valence-electron chi connectivity index (χ4n) is 3.14. The van der Waals surface area contributed by atoms with Crippen LogP contribution >= 0.6 is 23.9 Å². The van der Waals surface area contributed by atoms with Gasteiger partial charge < -0.3 is 9.62 Å². The van der Waals surface area contributed by atoms with E-state index in [1.165, 1.54) is 33.9 Å². The molecule has 0 unspecified atom stereocenters. The van der Waals surface area contributed by atoms with E-state index in [2.05, 4.69) is 99.6 Å². The number of para-hydroxylation sites is 2. The van der Waals surface area contributed by atoms with Crippen LogP contribution in [0.4, 0.5) is 11.4 Å². The van der Waals surface area contributed by atoms with Gasteiger partial charge in [0.2, 0.25) is 0 Å². The molecule has 29 heavy (non-hydrogen) atoms. The Hall–Kier alpha value is -2.09. The van der Waals surface area contributed by atoms with Crippen LogP contribution in [-0.4, -0.2) is 35.2 Å². The standard InChI is InChI=1S/C22H27N5S2/c1-25(2)29-20-12-10-19(11-13-20)28-24-21-6-4-5-7-22(21)26(3)15-17-14-23-27(16-17)18-8-9-18/h4-7,10-14,16,18,24H,8-9,15H2,1-3H3. The van der Waals surface area contributed by atoms with Crippen LogP contribution in [0.1, 0.15) is 24.4 Å². The van der Waals surface area contributed by atoms with E-state index >= 15 is 0 Å². The summed E-state index contributed by atoms with van der Waals surface area (Å²) in [4.78, 5) is 4.70. The van der Waals surface area contributed by atoms with E-state index in [0.717, 1.165) is 12.2 Å². The summed E-state index contributed by atoms with van der Waals surface area (Å²) in [5.74, 6) is 0. The average Bonchev–Trinajstić information content (AvgIpc) is 3.46. The molecule has 1 aliphatic rings. The average molecular weight is 426 g/mol. The molecule has 1 aliphatic carbocycles. The summed E-state index contributed by atoms with van der Waals surface area (Å²) < 4.78 is 7.74. The van der Waals surface area contributed by atoms with Crippen LogP contribution < -0.4 is 9.62 Å². The normalized spacial score (nSPS) is 13.7. The van der Waals surface area contributed by atoms with E-state index in [1.807, 2.05) is 6.20 Å². The Morgan fingerprint density at radius 1 is 1.03 bits per heavy atom. The highest BCUT2D eigenvalue weighted by molar-refractivity contribution is 8.00. The first-order valence-corrected chi connectivity index (χ1v) is 11.4. The van der Waals surface area contributed by atoms with Gasteiger partial charge in [-0.1, -0.05) is 12.1 Å². The molecular formula is C22H27N5S2. The van der Waals surface area contributed by atoms with Gasteiger partial charge in [0.15, 0.2) is 0 Å². The number of anilines is 2. The van der Waals surface area contributed by atoms with Gasteiger partial charge in [-0.05, 0) is 87.2 Å². The van der Waals surface area contributed by atoms with E-state index in [-0.39, 0.29) is 0 Å². The Labute approximate surface area is 181 Å². The highest BCUT2D eigenvalue weighted by atomic mass is 32.2. The van der Waals surface area contributed by atoms with Crippen molar-refractivity contribution in [2.24, 2.45) is 0 Å². The quantitative estimate of drug-likeness (QED) is 0.454. The van der Waals surface area contributed by atoms with Crippen LogP contribution in [-0.2, 0) is 6.54 Å². The lowest BCUT2D eigenvalue weighted by molar-refractivity contribution is 0.641. The van der Waals surface area contributed by atoms with Crippen molar-refractivity contribution in [3.63, 3.8) is 0 Å². The van der Waals surface area contributed by atoms with E-state index < -0.39 is 0 Å². The number of rotatable bonds is 9. The van der Waals surface area contributed by atoms with Crippen molar-refractivity contribution in [2.75, 3.05) is 30.8 Å². The smallest absolute Gasteiger partial charge is 0.0679 e. The minimum atomic E-state index is 0.627. The number of aromatic nitrogens is 2. The number of benzene rings is 2. The summed E-state index contributed by atoms with van der Waals surface area (Å²) in [6, 6.07) is 17.7. The van der Waals surface area contributed by atoms with Crippen molar-refractivity contribution in [1.29, 1.82) is 0 Å². The van der Waals surface area contributed by atoms with Crippen LogP contribution in [0.5, 0.6) is 0 Å². The molecule has 0 atom stereocenters. The molecule has 0 saturated heterocycles. The molecule has 1 N–H and O–H groups in total. The van der Waals surface area contributed by atoms with Crippen LogP contribution in [0, 0.1) is 0 Å². The van der Waals surface area contributed by atoms with Crippen molar-refractivity contribution in [3.8, 4) is 0 Å². The van der Waals surface area contributed by atoms with E-state index in [0.29, 0.717) is 6.04 Å². The maximum Gasteiger partial charge on any atom is 0.0679 e. The summed E-state index contributed by atoms with van der Waals surface area (Å²) in [6.07, 6.45) is 6.70. The van der Waals surface area contributed by atoms with Gasteiger partial charge in [-0.3, -0.25) is 8.99 Å². The molecular weight excluding hydrogens is 398 g/mol. The Balaban J connectivity index is 1.39. The molecule has 0 spiro atoms. The van der Waals surface area contributed by atoms with E-state index in [9.17, 15) is 0 Å². The first kappa shape index (κ1) is 20.2. The molecule has 5 nitrogen and oxygen atoms in total. The molecule has 1 saturated carbocycles. The fourth-order valence-corrected chi connectivity index (χ4v) is 4.49. The van der Waals surface area contributed by atoms with Gasteiger partial charge in [-0.15, -0.1) is 0 Å². The molecule has 3 aromatic rings. The predicted molar refractivity (Wildman–Crippen MR) is 125 cm³/mol. The third-order valence-corrected chi connectivity index (χ3v) is 6.38. The Morgan fingerprint density at radius 2 is 1.76 bits per heavy atom. The van der Waals surface area contributed by atoms with E-state index in [4.69, 9.17) is 0 Å². The largest absolute Gasteiger partial charge is 0.368 e. The highest BCUT2D eigenvalue weighted by Gasteiger charge is 2.24. The zero-order chi connectivity index (χ0) is 20.2. The molecule has 1 heterocycles. The first-order chi connectivity index (χ1) is 14.1. The second kappa shape index (κ2) is 9.15. The lowest BCUT2D eigenvalue weighted by atomic mass is 10.2. The summed E-state index contributed by atoms with van der Waals surface area (Å²) in [6.45, 7) is 0.840. The topological polar surface area (TPSA) is 36.3 Å². The summed E-state index contributed by atoms with van der Waals surface area (Å²) in [7, 11) is 6.24. The van der Waals surface area contributed by atoms with Gasteiger partial charge in [-0.25, -0.2) is 0 Å². The summed E-state index contributed by atoms with van der Waals surface area (Å²) >= 11 is 3.37. The Morgan fingerprint density at radius 3 is 2.48 bits per heavy atom. The van der Waals surface area contributed by atoms with E-state index in [1.54, 1.807) is 23.9 Å². The second-order valence-corrected chi connectivity index (χ2v) is 9.78. The lowest BCUT2D eigenvalue weighted by Crippen LogP contribution is -2.17. The molecule has 2 aromatic carbocycles. The Kier molecular flexibility index (Phi) is 6.37. The molecule has 0 amide bonds. The maximum atomic E-state index is 4.51. The summed E-state index contributed by atoms with van der Waals surface area (Å²) in [5.41, 5.74) is 3.54. The molecule has 0 radical (unpaired) electrons. The SMILES string of the molecule is CN(C)Sc1ccc(SNc2ccccc2N(C)Cc2cnn(C3CC3)c2)cc1. The number of nitrogens with zero attached hydrogens (tertiary/aromatic N) is 4. The fraction of sp³-hybridized carbons (Fsp3) is 0.318. The van der Waals surface area contributed by atoms with Crippen molar-refractivity contribution in [3.05, 3.63) is 66.5 Å². The molecule has 1 fully saturated rings. The third-order valence-electron chi connectivity index (χ3n) is 4.70. The van der Waals surface area contributed by atoms with Crippen LogP contribution in [0.15, 0.2) is 70.7 Å². The van der Waals surface area contributed by atoms with Crippen molar-refractivity contribution >= 4 is 35.3 Å². The number of nitrogens with one attached hydrogen (secondary N) is 1. The second-order valence-electron chi connectivity index (χ2n) is 7.51. The predicted octanol–water partition coefficient (Wildman–Crippen LogP) is 5.54. The molecule has 4 rings (SSSR count). The lowest BCUT2D eigenvalue weighted by Gasteiger charge is -2.22. The highest BCUT2D eigenvalue weighted by Crippen LogP contribution is 2.35. The minimum Gasteiger partial charge on any atom is -0.368 e. The molecule has 7 heteroatoms. The Bertz CT molecular complexity index is 934. The van der Waals surface area contributed by atoms with Crippen molar-refractivity contribution in [1.82, 2.24) is 14.1 Å². The van der Waals surface area contributed by atoms with Crippen molar-refractivity contribution < 1.29 is 0 Å². The first-order valence-electron chi connectivity index (χ1n) is 9.80. The van der Waals surface area contributed by atoms with Gasteiger partial charge in [0.05, 0.1) is 23.6 Å². The van der Waals surface area contributed by atoms with Gasteiger partial charge >= 0.3 is 0 Å². The van der Waals surface area contributed by atoms with Gasteiger partial charge in [0.25, 0.3) is 0 Å². The van der Waals surface area contributed by atoms with Gasteiger partial charge in [-0.2, -0.15) is 5.10 Å². The van der Waals surface area contributed by atoms with Crippen LogP contribution in [0.25, 0.3) is 0 Å². The minimum absolute atomic E-state index is 0.627. The molecule has 1 aromatic heterocycles. The molecule has 0 aliphatic heterocycles. The van der Waals surface area contributed by atoms with Gasteiger partial charge in [0, 0.05) is 35.1 Å².